The Morgan fingerprint density at radius 3 is 2.93 bits per heavy atom. The molecule has 1 saturated carbocycles. The molecule has 14 heavy (non-hydrogen) atoms. The maximum absolute atomic E-state index is 5.93. The van der Waals surface area contributed by atoms with Crippen LogP contribution in [0.4, 0.5) is 0 Å². The van der Waals surface area contributed by atoms with Crippen LogP contribution in [-0.4, -0.2) is 13.2 Å². The van der Waals surface area contributed by atoms with Crippen LogP contribution in [-0.2, 0) is 6.54 Å². The number of hydrogen-bond donors (Lipinski definition) is 1. The number of benzene rings is 1. The van der Waals surface area contributed by atoms with Gasteiger partial charge in [-0.05, 0) is 30.5 Å². The highest BCUT2D eigenvalue weighted by Gasteiger charge is 2.19. The molecule has 0 heterocycles. The van der Waals surface area contributed by atoms with Crippen LogP contribution in [0.1, 0.15) is 18.4 Å². The Morgan fingerprint density at radius 1 is 1.50 bits per heavy atom. The molecule has 0 bridgehead atoms. The fraction of sp³-hybridized carbons (Fsp3) is 0.455. The largest absolute Gasteiger partial charge is 0.495 e. The van der Waals surface area contributed by atoms with Crippen molar-refractivity contribution in [3.05, 3.63) is 28.8 Å². The van der Waals surface area contributed by atoms with E-state index >= 15 is 0 Å². The molecule has 0 saturated heterocycles. The molecule has 3 heteroatoms. The van der Waals surface area contributed by atoms with Crippen LogP contribution in [0.5, 0.6) is 5.75 Å². The highest BCUT2D eigenvalue weighted by atomic mass is 35.5. The molecule has 1 aliphatic carbocycles. The number of halogens is 1. The van der Waals surface area contributed by atoms with E-state index in [1.807, 2.05) is 18.2 Å². The number of ether oxygens (including phenoxy) is 1. The molecule has 1 aromatic rings. The third-order valence-electron chi connectivity index (χ3n) is 2.39. The fourth-order valence-electron chi connectivity index (χ4n) is 1.36. The summed E-state index contributed by atoms with van der Waals surface area (Å²) in [5.74, 6) is 0.752. The van der Waals surface area contributed by atoms with Crippen molar-refractivity contribution in [2.75, 3.05) is 7.11 Å². The molecule has 0 aromatic heterocycles. The summed E-state index contributed by atoms with van der Waals surface area (Å²) in [4.78, 5) is 0. The predicted octanol–water partition coefficient (Wildman–Crippen LogP) is 2.60. The summed E-state index contributed by atoms with van der Waals surface area (Å²) < 4.78 is 5.15. The van der Waals surface area contributed by atoms with Crippen LogP contribution in [0.25, 0.3) is 0 Å². The second-order valence-corrected chi connectivity index (χ2v) is 4.03. The number of hydrogen-bond acceptors (Lipinski definition) is 2. The van der Waals surface area contributed by atoms with Crippen molar-refractivity contribution in [3.8, 4) is 5.75 Å². The zero-order chi connectivity index (χ0) is 9.97. The summed E-state index contributed by atoms with van der Waals surface area (Å²) in [6.45, 7) is 0.901. The molecule has 1 aliphatic rings. The number of nitrogens with one attached hydrogen (secondary N) is 1. The topological polar surface area (TPSA) is 21.3 Å². The Labute approximate surface area is 89.2 Å². The third-order valence-corrected chi connectivity index (χ3v) is 2.70. The highest BCUT2D eigenvalue weighted by molar-refractivity contribution is 6.32. The number of rotatable bonds is 4. The van der Waals surface area contributed by atoms with Gasteiger partial charge in [-0.15, -0.1) is 0 Å². The van der Waals surface area contributed by atoms with Crippen LogP contribution in [0.3, 0.4) is 0 Å². The molecule has 0 spiro atoms. The molecule has 0 atom stereocenters. The molecule has 1 aromatic carbocycles. The molecule has 0 unspecified atom stereocenters. The van der Waals surface area contributed by atoms with Gasteiger partial charge in [-0.2, -0.15) is 0 Å². The van der Waals surface area contributed by atoms with Crippen LogP contribution in [0.15, 0.2) is 18.2 Å². The molecule has 2 nitrogen and oxygen atoms in total. The first kappa shape index (κ1) is 9.81. The van der Waals surface area contributed by atoms with Gasteiger partial charge in [0.25, 0.3) is 0 Å². The molecule has 0 aliphatic heterocycles. The Bertz CT molecular complexity index is 323. The molecule has 2 rings (SSSR count). The van der Waals surface area contributed by atoms with Crippen LogP contribution >= 0.6 is 11.6 Å². The van der Waals surface area contributed by atoms with Crippen molar-refractivity contribution < 1.29 is 4.74 Å². The normalized spacial score (nSPS) is 15.6. The minimum atomic E-state index is 0.669. The average molecular weight is 212 g/mol. The standard InChI is InChI=1S/C11H14ClNO/c1-14-11-6-8(2-5-10(11)12)7-13-9-3-4-9/h2,5-6,9,13H,3-4,7H2,1H3. The van der Waals surface area contributed by atoms with Gasteiger partial charge in [0.05, 0.1) is 12.1 Å². The SMILES string of the molecule is COc1cc(CNC2CC2)ccc1Cl. The Balaban J connectivity index is 2.01. The van der Waals surface area contributed by atoms with Gasteiger partial charge in [-0.3, -0.25) is 0 Å². The predicted molar refractivity (Wildman–Crippen MR) is 57.9 cm³/mol. The van der Waals surface area contributed by atoms with Crippen LogP contribution in [0, 0.1) is 0 Å². The van der Waals surface area contributed by atoms with E-state index in [1.165, 1.54) is 18.4 Å². The lowest BCUT2D eigenvalue weighted by Gasteiger charge is -2.07. The lowest BCUT2D eigenvalue weighted by molar-refractivity contribution is 0.414. The van der Waals surface area contributed by atoms with Gasteiger partial charge in [0.2, 0.25) is 0 Å². The van der Waals surface area contributed by atoms with Gasteiger partial charge < -0.3 is 10.1 Å². The van der Waals surface area contributed by atoms with Gasteiger partial charge in [0.15, 0.2) is 0 Å². The second-order valence-electron chi connectivity index (χ2n) is 3.62. The van der Waals surface area contributed by atoms with E-state index in [9.17, 15) is 0 Å². The first-order chi connectivity index (χ1) is 6.79. The fourth-order valence-corrected chi connectivity index (χ4v) is 1.56. The van der Waals surface area contributed by atoms with E-state index in [2.05, 4.69) is 5.32 Å². The van der Waals surface area contributed by atoms with E-state index in [0.29, 0.717) is 5.02 Å². The van der Waals surface area contributed by atoms with E-state index in [1.54, 1.807) is 7.11 Å². The van der Waals surface area contributed by atoms with Crippen molar-refractivity contribution in [3.63, 3.8) is 0 Å². The monoisotopic (exact) mass is 211 g/mol. The Hall–Kier alpha value is -0.730. The van der Waals surface area contributed by atoms with E-state index in [0.717, 1.165) is 18.3 Å². The summed E-state index contributed by atoms with van der Waals surface area (Å²) in [5, 5.41) is 4.11. The van der Waals surface area contributed by atoms with E-state index in [-0.39, 0.29) is 0 Å². The first-order valence-corrected chi connectivity index (χ1v) is 5.23. The van der Waals surface area contributed by atoms with Gasteiger partial charge >= 0.3 is 0 Å². The van der Waals surface area contributed by atoms with E-state index < -0.39 is 0 Å². The van der Waals surface area contributed by atoms with Crippen molar-refractivity contribution in [2.45, 2.75) is 25.4 Å². The first-order valence-electron chi connectivity index (χ1n) is 4.85. The number of methoxy groups -OCH3 is 1. The van der Waals surface area contributed by atoms with Gasteiger partial charge in [-0.1, -0.05) is 17.7 Å². The van der Waals surface area contributed by atoms with Gasteiger partial charge in [0, 0.05) is 12.6 Å². The molecule has 0 amide bonds. The second kappa shape index (κ2) is 4.20. The Morgan fingerprint density at radius 2 is 2.29 bits per heavy atom. The van der Waals surface area contributed by atoms with Crippen LogP contribution in [0.2, 0.25) is 5.02 Å². The third kappa shape index (κ3) is 2.40. The van der Waals surface area contributed by atoms with Gasteiger partial charge in [-0.25, -0.2) is 0 Å². The van der Waals surface area contributed by atoms with Crippen molar-refractivity contribution in [2.24, 2.45) is 0 Å². The smallest absolute Gasteiger partial charge is 0.137 e. The summed E-state index contributed by atoms with van der Waals surface area (Å²) in [6, 6.07) is 6.62. The van der Waals surface area contributed by atoms with Crippen molar-refractivity contribution in [1.82, 2.24) is 5.32 Å². The molecule has 0 radical (unpaired) electrons. The quantitative estimate of drug-likeness (QED) is 0.827. The highest BCUT2D eigenvalue weighted by Crippen LogP contribution is 2.25. The summed E-state index contributed by atoms with van der Waals surface area (Å²) >= 11 is 5.93. The molecular weight excluding hydrogens is 198 g/mol. The Kier molecular flexibility index (Phi) is 2.94. The lowest BCUT2D eigenvalue weighted by Crippen LogP contribution is -2.15. The minimum absolute atomic E-state index is 0.669. The van der Waals surface area contributed by atoms with Gasteiger partial charge in [0.1, 0.15) is 5.75 Å². The molecular formula is C11H14ClNO. The summed E-state index contributed by atoms with van der Waals surface area (Å²) in [6.07, 6.45) is 2.62. The zero-order valence-corrected chi connectivity index (χ0v) is 8.97. The minimum Gasteiger partial charge on any atom is -0.495 e. The van der Waals surface area contributed by atoms with E-state index in [4.69, 9.17) is 16.3 Å². The maximum Gasteiger partial charge on any atom is 0.137 e. The zero-order valence-electron chi connectivity index (χ0n) is 8.22. The summed E-state index contributed by atoms with van der Waals surface area (Å²) in [5.41, 5.74) is 1.22. The van der Waals surface area contributed by atoms with Crippen molar-refractivity contribution in [1.29, 1.82) is 0 Å². The molecule has 1 N–H and O–H groups in total. The lowest BCUT2D eigenvalue weighted by atomic mass is 10.2. The van der Waals surface area contributed by atoms with Crippen molar-refractivity contribution >= 4 is 11.6 Å². The summed E-state index contributed by atoms with van der Waals surface area (Å²) in [7, 11) is 1.64. The van der Waals surface area contributed by atoms with Crippen LogP contribution < -0.4 is 10.1 Å². The average Bonchev–Trinajstić information content (AvgIpc) is 3.00. The molecule has 76 valence electrons. The molecule has 1 fully saturated rings. The maximum atomic E-state index is 5.93.